The fraction of sp³-hybridized carbons (Fsp3) is 0.238. The predicted molar refractivity (Wildman–Crippen MR) is 104 cm³/mol. The van der Waals surface area contributed by atoms with Gasteiger partial charge < -0.3 is 15.5 Å². The first-order valence-electron chi connectivity index (χ1n) is 8.94. The van der Waals surface area contributed by atoms with E-state index in [1.165, 1.54) is 0 Å². The van der Waals surface area contributed by atoms with Gasteiger partial charge in [-0.25, -0.2) is 0 Å². The van der Waals surface area contributed by atoms with E-state index in [0.29, 0.717) is 24.5 Å². The second-order valence-electron chi connectivity index (χ2n) is 6.61. The Hall–Kier alpha value is -3.66. The molecule has 0 aliphatic carbocycles. The third-order valence-electron chi connectivity index (χ3n) is 4.48. The SMILES string of the molecule is N#CCC(=O)Nc1ccc(NC(=O)C2CC(=O)N(Cc3ccccc3)C2)cc1. The van der Waals surface area contributed by atoms with Crippen molar-refractivity contribution in [1.82, 2.24) is 4.90 Å². The number of rotatable bonds is 6. The Morgan fingerprint density at radius 1 is 1.04 bits per heavy atom. The van der Waals surface area contributed by atoms with Crippen LogP contribution in [-0.4, -0.2) is 29.2 Å². The largest absolute Gasteiger partial charge is 0.338 e. The van der Waals surface area contributed by atoms with Gasteiger partial charge >= 0.3 is 0 Å². The van der Waals surface area contributed by atoms with Gasteiger partial charge in [0.1, 0.15) is 6.42 Å². The van der Waals surface area contributed by atoms with Crippen molar-refractivity contribution in [1.29, 1.82) is 5.26 Å². The van der Waals surface area contributed by atoms with Crippen molar-refractivity contribution in [2.24, 2.45) is 5.92 Å². The maximum absolute atomic E-state index is 12.5. The minimum absolute atomic E-state index is 0.0282. The molecule has 0 saturated carbocycles. The summed E-state index contributed by atoms with van der Waals surface area (Å²) in [6.07, 6.45) is -0.0192. The van der Waals surface area contributed by atoms with Gasteiger partial charge in [0.25, 0.3) is 0 Å². The maximum atomic E-state index is 12.5. The number of carbonyl (C=O) groups excluding carboxylic acids is 3. The van der Waals surface area contributed by atoms with Crippen LogP contribution in [0.5, 0.6) is 0 Å². The third-order valence-corrected chi connectivity index (χ3v) is 4.48. The lowest BCUT2D eigenvalue weighted by Crippen LogP contribution is -2.28. The summed E-state index contributed by atoms with van der Waals surface area (Å²) in [5.74, 6) is -1.02. The minimum atomic E-state index is -0.397. The molecule has 1 saturated heterocycles. The molecule has 3 amide bonds. The Morgan fingerprint density at radius 3 is 2.32 bits per heavy atom. The topological polar surface area (TPSA) is 102 Å². The van der Waals surface area contributed by atoms with Crippen molar-refractivity contribution < 1.29 is 14.4 Å². The number of benzene rings is 2. The number of anilines is 2. The lowest BCUT2D eigenvalue weighted by atomic mass is 10.1. The van der Waals surface area contributed by atoms with Crippen molar-refractivity contribution in [3.05, 3.63) is 60.2 Å². The minimum Gasteiger partial charge on any atom is -0.338 e. The summed E-state index contributed by atoms with van der Waals surface area (Å²) < 4.78 is 0. The van der Waals surface area contributed by atoms with Crippen LogP contribution in [0.2, 0.25) is 0 Å². The Morgan fingerprint density at radius 2 is 1.68 bits per heavy atom. The summed E-state index contributed by atoms with van der Waals surface area (Å²) >= 11 is 0. The Balaban J connectivity index is 1.54. The van der Waals surface area contributed by atoms with Gasteiger partial charge in [-0.3, -0.25) is 14.4 Å². The van der Waals surface area contributed by atoms with Gasteiger partial charge in [0.2, 0.25) is 17.7 Å². The molecule has 2 aromatic rings. The molecule has 142 valence electrons. The van der Waals surface area contributed by atoms with Crippen molar-refractivity contribution in [3.63, 3.8) is 0 Å². The first-order valence-corrected chi connectivity index (χ1v) is 8.94. The van der Waals surface area contributed by atoms with Crippen molar-refractivity contribution in [2.45, 2.75) is 19.4 Å². The predicted octanol–water partition coefficient (Wildman–Crippen LogP) is 2.53. The first kappa shape index (κ1) is 19.1. The van der Waals surface area contributed by atoms with E-state index in [1.807, 2.05) is 30.3 Å². The highest BCUT2D eigenvalue weighted by Crippen LogP contribution is 2.22. The van der Waals surface area contributed by atoms with Gasteiger partial charge in [-0.05, 0) is 29.8 Å². The monoisotopic (exact) mass is 376 g/mol. The van der Waals surface area contributed by atoms with Gasteiger partial charge in [0.15, 0.2) is 0 Å². The molecule has 1 heterocycles. The van der Waals surface area contributed by atoms with E-state index in [2.05, 4.69) is 10.6 Å². The highest BCUT2D eigenvalue weighted by molar-refractivity contribution is 5.97. The van der Waals surface area contributed by atoms with Crippen LogP contribution in [0, 0.1) is 17.2 Å². The smallest absolute Gasteiger partial charge is 0.238 e. The van der Waals surface area contributed by atoms with E-state index in [1.54, 1.807) is 35.2 Å². The summed E-state index contributed by atoms with van der Waals surface area (Å²) in [6, 6.07) is 18.1. The summed E-state index contributed by atoms with van der Waals surface area (Å²) in [6.45, 7) is 0.891. The van der Waals surface area contributed by atoms with E-state index in [4.69, 9.17) is 5.26 Å². The molecule has 1 atom stereocenters. The molecule has 7 heteroatoms. The number of amides is 3. The number of hydrogen-bond acceptors (Lipinski definition) is 4. The van der Waals surface area contributed by atoms with Crippen LogP contribution in [0.15, 0.2) is 54.6 Å². The number of carbonyl (C=O) groups is 3. The molecule has 2 aromatic carbocycles. The molecule has 1 aliphatic heterocycles. The average molecular weight is 376 g/mol. The first-order chi connectivity index (χ1) is 13.5. The second-order valence-corrected chi connectivity index (χ2v) is 6.61. The fourth-order valence-corrected chi connectivity index (χ4v) is 3.06. The van der Waals surface area contributed by atoms with Crippen LogP contribution < -0.4 is 10.6 Å². The zero-order chi connectivity index (χ0) is 19.9. The molecule has 7 nitrogen and oxygen atoms in total. The molecule has 1 aliphatic rings. The highest BCUT2D eigenvalue weighted by Gasteiger charge is 2.34. The van der Waals surface area contributed by atoms with Gasteiger partial charge in [-0.15, -0.1) is 0 Å². The lowest BCUT2D eigenvalue weighted by Gasteiger charge is -2.16. The van der Waals surface area contributed by atoms with Crippen molar-refractivity contribution in [2.75, 3.05) is 17.2 Å². The second kappa shape index (κ2) is 8.82. The molecule has 28 heavy (non-hydrogen) atoms. The molecule has 0 aromatic heterocycles. The molecule has 1 unspecified atom stereocenters. The zero-order valence-corrected chi connectivity index (χ0v) is 15.2. The molecule has 2 N–H and O–H groups in total. The Kier molecular flexibility index (Phi) is 6.02. The van der Waals surface area contributed by atoms with E-state index in [9.17, 15) is 14.4 Å². The third kappa shape index (κ3) is 4.95. The van der Waals surface area contributed by atoms with Crippen LogP contribution in [0.3, 0.4) is 0 Å². The zero-order valence-electron chi connectivity index (χ0n) is 15.2. The van der Waals surface area contributed by atoms with E-state index in [-0.39, 0.29) is 30.6 Å². The van der Waals surface area contributed by atoms with E-state index >= 15 is 0 Å². The average Bonchev–Trinajstić information content (AvgIpc) is 3.05. The van der Waals surface area contributed by atoms with E-state index in [0.717, 1.165) is 5.56 Å². The number of likely N-dealkylation sites (tertiary alicyclic amines) is 1. The van der Waals surface area contributed by atoms with Gasteiger partial charge in [-0.2, -0.15) is 5.26 Å². The van der Waals surface area contributed by atoms with Crippen LogP contribution in [0.4, 0.5) is 11.4 Å². The van der Waals surface area contributed by atoms with Crippen molar-refractivity contribution in [3.8, 4) is 6.07 Å². The summed E-state index contributed by atoms with van der Waals surface area (Å²) in [5.41, 5.74) is 2.16. The Bertz CT molecular complexity index is 903. The van der Waals surface area contributed by atoms with Crippen molar-refractivity contribution >= 4 is 29.1 Å². The summed E-state index contributed by atoms with van der Waals surface area (Å²) in [5, 5.41) is 13.9. The molecule has 1 fully saturated rings. The van der Waals surface area contributed by atoms with Gasteiger partial charge in [0.05, 0.1) is 12.0 Å². The number of nitrogens with zero attached hydrogens (tertiary/aromatic N) is 2. The summed E-state index contributed by atoms with van der Waals surface area (Å²) in [4.78, 5) is 37.8. The quantitative estimate of drug-likeness (QED) is 0.809. The number of hydrogen-bond donors (Lipinski definition) is 2. The highest BCUT2D eigenvalue weighted by atomic mass is 16.2. The fourth-order valence-electron chi connectivity index (χ4n) is 3.06. The maximum Gasteiger partial charge on any atom is 0.238 e. The molecular weight excluding hydrogens is 356 g/mol. The lowest BCUT2D eigenvalue weighted by molar-refractivity contribution is -0.128. The molecule has 0 spiro atoms. The van der Waals surface area contributed by atoms with Crippen LogP contribution in [-0.2, 0) is 20.9 Å². The number of nitrogens with one attached hydrogen (secondary N) is 2. The normalized spacial score (nSPS) is 15.8. The van der Waals surface area contributed by atoms with Crippen LogP contribution in [0.1, 0.15) is 18.4 Å². The molecule has 0 bridgehead atoms. The van der Waals surface area contributed by atoms with Crippen LogP contribution in [0.25, 0.3) is 0 Å². The van der Waals surface area contributed by atoms with Crippen LogP contribution >= 0.6 is 0 Å². The Labute approximate surface area is 163 Å². The molecule has 3 rings (SSSR count). The van der Waals surface area contributed by atoms with Gasteiger partial charge in [-0.1, -0.05) is 30.3 Å². The number of nitriles is 1. The molecule has 0 radical (unpaired) electrons. The molecular formula is C21H20N4O3. The van der Waals surface area contributed by atoms with Gasteiger partial charge in [0, 0.05) is 30.9 Å². The van der Waals surface area contributed by atoms with E-state index < -0.39 is 5.92 Å². The summed E-state index contributed by atoms with van der Waals surface area (Å²) in [7, 11) is 0. The standard InChI is InChI=1S/C21H20N4O3/c22-11-10-19(26)23-17-6-8-18(9-7-17)24-21(28)16-12-20(27)25(14-16)13-15-4-2-1-3-5-15/h1-9,16H,10,12-14H2,(H,23,26)(H,24,28).